The lowest BCUT2D eigenvalue weighted by Gasteiger charge is -2.42. The van der Waals surface area contributed by atoms with Crippen molar-refractivity contribution in [3.05, 3.63) is 179 Å². The van der Waals surface area contributed by atoms with Gasteiger partial charge in [0, 0.05) is 44.1 Å². The van der Waals surface area contributed by atoms with E-state index in [2.05, 4.69) is 197 Å². The van der Waals surface area contributed by atoms with E-state index in [1.807, 2.05) is 0 Å². The van der Waals surface area contributed by atoms with Gasteiger partial charge < -0.3 is 9.47 Å². The van der Waals surface area contributed by atoms with Gasteiger partial charge in [0.05, 0.1) is 16.7 Å². The summed E-state index contributed by atoms with van der Waals surface area (Å²) in [5, 5.41) is 2.65. The average molecular weight is 683 g/mol. The summed E-state index contributed by atoms with van der Waals surface area (Å²) < 4.78 is 2.61. The van der Waals surface area contributed by atoms with E-state index in [1.165, 1.54) is 88.8 Å². The van der Waals surface area contributed by atoms with Crippen molar-refractivity contribution in [2.45, 2.75) is 57.8 Å². The van der Waals surface area contributed by atoms with Crippen LogP contribution in [-0.2, 0) is 16.2 Å². The van der Waals surface area contributed by atoms with Gasteiger partial charge in [0.15, 0.2) is 0 Å². The molecule has 3 aliphatic rings. The van der Waals surface area contributed by atoms with Crippen LogP contribution in [0.1, 0.15) is 74.9 Å². The van der Waals surface area contributed by atoms with Gasteiger partial charge in [-0.3, -0.25) is 0 Å². The Labute approximate surface area is 312 Å². The molecule has 3 heterocycles. The molecule has 0 spiro atoms. The van der Waals surface area contributed by atoms with Gasteiger partial charge in [-0.05, 0) is 98.1 Å². The average Bonchev–Trinajstić information content (AvgIpc) is 3.62. The summed E-state index contributed by atoms with van der Waals surface area (Å²) in [5.74, 6) is 0. The molecule has 8 aromatic rings. The molecule has 0 saturated carbocycles. The zero-order valence-corrected chi connectivity index (χ0v) is 31.3. The fourth-order valence-corrected chi connectivity index (χ4v) is 10.3. The Hall–Kier alpha value is -5.86. The van der Waals surface area contributed by atoms with Gasteiger partial charge in [0.1, 0.15) is 0 Å². The van der Waals surface area contributed by atoms with E-state index in [0.29, 0.717) is 0 Å². The molecule has 1 aliphatic carbocycles. The first-order valence-electron chi connectivity index (χ1n) is 19.0. The second-order valence-electron chi connectivity index (χ2n) is 17.0. The Morgan fingerprint density at radius 2 is 0.962 bits per heavy atom. The molecule has 0 saturated heterocycles. The highest BCUT2D eigenvalue weighted by atomic mass is 15.1. The Kier molecular flexibility index (Phi) is 5.90. The van der Waals surface area contributed by atoms with Gasteiger partial charge >= 0.3 is 0 Å². The number of anilines is 3. The minimum atomic E-state index is -0.198. The van der Waals surface area contributed by atoms with Crippen LogP contribution in [0, 0.1) is 0 Å². The lowest BCUT2D eigenvalue weighted by molar-refractivity contribution is 0.593. The van der Waals surface area contributed by atoms with Crippen LogP contribution in [0.3, 0.4) is 0 Å². The summed E-state index contributed by atoms with van der Waals surface area (Å²) in [4.78, 5) is 2.46. The Balaban J connectivity index is 1.14. The summed E-state index contributed by atoms with van der Waals surface area (Å²) >= 11 is 0. The van der Waals surface area contributed by atoms with E-state index in [4.69, 9.17) is 0 Å². The summed E-state index contributed by atoms with van der Waals surface area (Å²) in [6.45, 7) is 14.4. The van der Waals surface area contributed by atoms with E-state index >= 15 is 0 Å². The van der Waals surface area contributed by atoms with Crippen molar-refractivity contribution in [3.8, 4) is 27.9 Å². The summed E-state index contributed by atoms with van der Waals surface area (Å²) in [6, 6.07) is 54.9. The SMILES string of the molecule is CC1(C)c2ccccc2-c2ccc(-c3cccc(N(c4ccccc4)c4cc5c6c(c4)c4cccc7c4n6-c4c(cccc4C5(C)C)C7(C)C)c3)cc21. The van der Waals surface area contributed by atoms with Gasteiger partial charge in [-0.25, -0.2) is 0 Å². The molecule has 2 aliphatic heterocycles. The number of hydrogen-bond donors (Lipinski definition) is 0. The summed E-state index contributed by atoms with van der Waals surface area (Å²) in [6.07, 6.45) is 0. The highest BCUT2D eigenvalue weighted by Crippen LogP contribution is 2.56. The fourth-order valence-electron chi connectivity index (χ4n) is 10.3. The first kappa shape index (κ1) is 30.7. The first-order valence-corrected chi connectivity index (χ1v) is 19.0. The second kappa shape index (κ2) is 10.2. The van der Waals surface area contributed by atoms with Gasteiger partial charge in [-0.2, -0.15) is 0 Å². The van der Waals surface area contributed by atoms with Gasteiger partial charge in [0.2, 0.25) is 0 Å². The van der Waals surface area contributed by atoms with Gasteiger partial charge in [0.25, 0.3) is 0 Å². The van der Waals surface area contributed by atoms with Crippen LogP contribution in [0.15, 0.2) is 146 Å². The van der Waals surface area contributed by atoms with Crippen molar-refractivity contribution in [3.63, 3.8) is 0 Å². The van der Waals surface area contributed by atoms with Crippen LogP contribution in [0.4, 0.5) is 17.1 Å². The molecule has 0 fully saturated rings. The van der Waals surface area contributed by atoms with Crippen LogP contribution in [-0.4, -0.2) is 4.57 Å². The standard InChI is InChI=1S/C51H42N2/c1-49(2)40-21-11-10-19-36(40)37-26-25-32(28-44(37)49)31-15-12-18-34(27-31)52(33-16-8-7-9-17-33)35-29-39-38-20-13-22-41-46(38)53-47(39)45(30-35)51(5,6)43-24-14-23-42(48(43)53)50(41,3)4/h7-30H,1-6H3. The molecule has 53 heavy (non-hydrogen) atoms. The molecular weight excluding hydrogens is 641 g/mol. The van der Waals surface area contributed by atoms with Gasteiger partial charge in [-0.15, -0.1) is 0 Å². The predicted octanol–water partition coefficient (Wildman–Crippen LogP) is 13.5. The molecule has 0 atom stereocenters. The molecule has 256 valence electrons. The van der Waals surface area contributed by atoms with Crippen LogP contribution in [0.25, 0.3) is 49.7 Å². The zero-order chi connectivity index (χ0) is 36.0. The largest absolute Gasteiger partial charge is 0.310 e. The van der Waals surface area contributed by atoms with Crippen LogP contribution >= 0.6 is 0 Å². The van der Waals surface area contributed by atoms with E-state index in [9.17, 15) is 0 Å². The van der Waals surface area contributed by atoms with Crippen molar-refractivity contribution < 1.29 is 0 Å². The maximum atomic E-state index is 2.61. The molecule has 0 radical (unpaired) electrons. The molecule has 0 bridgehead atoms. The van der Waals surface area contributed by atoms with E-state index in [-0.39, 0.29) is 16.2 Å². The topological polar surface area (TPSA) is 8.17 Å². The molecular formula is C51H42N2. The summed E-state index contributed by atoms with van der Waals surface area (Å²) in [5.41, 5.74) is 20.8. The minimum Gasteiger partial charge on any atom is -0.310 e. The number of aromatic nitrogens is 1. The highest BCUT2D eigenvalue weighted by molar-refractivity contribution is 6.15. The lowest BCUT2D eigenvalue weighted by atomic mass is 9.68. The maximum absolute atomic E-state index is 2.61. The highest BCUT2D eigenvalue weighted by Gasteiger charge is 2.43. The van der Waals surface area contributed by atoms with Crippen LogP contribution < -0.4 is 4.90 Å². The summed E-state index contributed by atoms with van der Waals surface area (Å²) in [7, 11) is 0. The number of rotatable bonds is 4. The number of nitrogens with zero attached hydrogens (tertiary/aromatic N) is 2. The third kappa shape index (κ3) is 3.88. The molecule has 0 N–H and O–H groups in total. The zero-order valence-electron chi connectivity index (χ0n) is 31.3. The third-order valence-corrected chi connectivity index (χ3v) is 13.1. The lowest BCUT2D eigenvalue weighted by Crippen LogP contribution is -2.33. The molecule has 2 nitrogen and oxygen atoms in total. The van der Waals surface area contributed by atoms with E-state index in [1.54, 1.807) is 0 Å². The first-order chi connectivity index (χ1) is 25.6. The Morgan fingerprint density at radius 3 is 1.77 bits per heavy atom. The Morgan fingerprint density at radius 1 is 0.377 bits per heavy atom. The number of hydrogen-bond acceptors (Lipinski definition) is 1. The smallest absolute Gasteiger partial charge is 0.0583 e. The minimum absolute atomic E-state index is 0.0473. The van der Waals surface area contributed by atoms with Crippen molar-refractivity contribution in [1.82, 2.24) is 4.57 Å². The Bertz CT molecular complexity index is 2860. The third-order valence-electron chi connectivity index (χ3n) is 13.1. The number of benzene rings is 7. The van der Waals surface area contributed by atoms with E-state index in [0.717, 1.165) is 11.4 Å². The maximum Gasteiger partial charge on any atom is 0.0583 e. The van der Waals surface area contributed by atoms with E-state index < -0.39 is 0 Å². The van der Waals surface area contributed by atoms with Crippen molar-refractivity contribution in [1.29, 1.82) is 0 Å². The number of para-hydroxylation sites is 3. The molecule has 7 aromatic carbocycles. The molecule has 1 aromatic heterocycles. The number of fused-ring (bicyclic) bond motifs is 4. The quantitative estimate of drug-likeness (QED) is 0.179. The van der Waals surface area contributed by atoms with Gasteiger partial charge in [-0.1, -0.05) is 145 Å². The monoisotopic (exact) mass is 682 g/mol. The van der Waals surface area contributed by atoms with Crippen molar-refractivity contribution in [2.75, 3.05) is 4.90 Å². The van der Waals surface area contributed by atoms with Crippen LogP contribution in [0.5, 0.6) is 0 Å². The van der Waals surface area contributed by atoms with Crippen molar-refractivity contribution >= 4 is 38.9 Å². The molecule has 2 heteroatoms. The predicted molar refractivity (Wildman–Crippen MR) is 223 cm³/mol. The molecule has 0 amide bonds. The second-order valence-corrected chi connectivity index (χ2v) is 17.0. The van der Waals surface area contributed by atoms with Crippen molar-refractivity contribution in [2.24, 2.45) is 0 Å². The van der Waals surface area contributed by atoms with Crippen LogP contribution in [0.2, 0.25) is 0 Å². The fraction of sp³-hybridized carbons (Fsp3) is 0.176. The molecule has 11 rings (SSSR count). The normalized spacial score (nSPS) is 16.2. The molecule has 0 unspecified atom stereocenters.